The van der Waals surface area contributed by atoms with E-state index in [0.717, 1.165) is 35.2 Å². The molecule has 4 atom stereocenters. The molecule has 3 aromatic carbocycles. The monoisotopic (exact) mass is 447 g/mol. The first-order valence-electron chi connectivity index (χ1n) is 11.7. The fourth-order valence-corrected chi connectivity index (χ4v) is 5.92. The van der Waals surface area contributed by atoms with Crippen molar-refractivity contribution in [1.82, 2.24) is 4.90 Å². The zero-order chi connectivity index (χ0) is 22.8. The van der Waals surface area contributed by atoms with Crippen molar-refractivity contribution in [2.45, 2.75) is 31.6 Å². The molecule has 0 spiro atoms. The molecule has 2 aliphatic rings. The van der Waals surface area contributed by atoms with Gasteiger partial charge in [-0.3, -0.25) is 4.90 Å². The predicted octanol–water partition coefficient (Wildman–Crippen LogP) is 7.53. The molecule has 5 rings (SSSR count). The van der Waals surface area contributed by atoms with Crippen LogP contribution in [0, 0.1) is 17.8 Å². The summed E-state index contributed by atoms with van der Waals surface area (Å²) in [6, 6.07) is 29.6. The Morgan fingerprint density at radius 3 is 2.03 bits per heavy atom. The van der Waals surface area contributed by atoms with E-state index in [1.165, 1.54) is 0 Å². The summed E-state index contributed by atoms with van der Waals surface area (Å²) in [6.45, 7) is 1.42. The van der Waals surface area contributed by atoms with Gasteiger partial charge in [0.15, 0.2) is 0 Å². The number of hydrogen-bond donors (Lipinski definition) is 0. The lowest BCUT2D eigenvalue weighted by Gasteiger charge is -2.51. The highest BCUT2D eigenvalue weighted by Gasteiger charge is 2.54. The standard InChI is InChI=1S/C29H28F3N/c30-29(31,32)26-17-16-24(22-12-6-2-7-13-22)25-18-19-33(20-21-10-4-1-5-11-21)28(27(25)26)23-14-8-3-9-15-23/h1-16,25-28H,17-20H2/t25-,26+,27-,28+/m0/s1. The summed E-state index contributed by atoms with van der Waals surface area (Å²) in [6.07, 6.45) is -1.60. The van der Waals surface area contributed by atoms with E-state index in [9.17, 15) is 13.2 Å². The van der Waals surface area contributed by atoms with Crippen LogP contribution in [0.3, 0.4) is 0 Å². The van der Waals surface area contributed by atoms with Crippen LogP contribution in [0.25, 0.3) is 5.57 Å². The van der Waals surface area contributed by atoms with Crippen molar-refractivity contribution in [3.8, 4) is 0 Å². The Morgan fingerprint density at radius 2 is 1.39 bits per heavy atom. The van der Waals surface area contributed by atoms with Gasteiger partial charge < -0.3 is 0 Å². The van der Waals surface area contributed by atoms with Gasteiger partial charge in [-0.2, -0.15) is 13.2 Å². The zero-order valence-electron chi connectivity index (χ0n) is 18.5. The van der Waals surface area contributed by atoms with Gasteiger partial charge in [-0.1, -0.05) is 97.1 Å². The highest BCUT2D eigenvalue weighted by Crippen LogP contribution is 2.56. The molecule has 1 aliphatic carbocycles. The second-order valence-electron chi connectivity index (χ2n) is 9.19. The Kier molecular flexibility index (Phi) is 6.11. The molecule has 1 aliphatic heterocycles. The van der Waals surface area contributed by atoms with E-state index in [2.05, 4.69) is 17.0 Å². The fourth-order valence-electron chi connectivity index (χ4n) is 5.92. The number of hydrogen-bond acceptors (Lipinski definition) is 1. The van der Waals surface area contributed by atoms with Crippen molar-refractivity contribution < 1.29 is 13.2 Å². The Morgan fingerprint density at radius 1 is 0.788 bits per heavy atom. The molecule has 0 aromatic heterocycles. The van der Waals surface area contributed by atoms with E-state index < -0.39 is 18.0 Å². The molecule has 0 amide bonds. The van der Waals surface area contributed by atoms with Gasteiger partial charge in [0.25, 0.3) is 0 Å². The van der Waals surface area contributed by atoms with Crippen molar-refractivity contribution in [2.24, 2.45) is 17.8 Å². The highest BCUT2D eigenvalue weighted by atomic mass is 19.4. The van der Waals surface area contributed by atoms with Crippen LogP contribution in [-0.2, 0) is 6.54 Å². The summed E-state index contributed by atoms with van der Waals surface area (Å²) in [5, 5.41) is 0. The van der Waals surface area contributed by atoms with Crippen molar-refractivity contribution in [1.29, 1.82) is 0 Å². The van der Waals surface area contributed by atoms with Crippen LogP contribution in [0.1, 0.15) is 35.6 Å². The SMILES string of the molecule is FC(F)(F)[C@@H]1CC=C(c2ccccc2)[C@@H]2CCN(Cc3ccccc3)[C@H](c3ccccc3)[C@H]12. The van der Waals surface area contributed by atoms with Crippen LogP contribution in [0.2, 0.25) is 0 Å². The Bertz CT molecular complexity index is 1080. The molecule has 0 unspecified atom stereocenters. The Hall–Kier alpha value is -2.85. The molecule has 33 heavy (non-hydrogen) atoms. The topological polar surface area (TPSA) is 3.24 Å². The number of halogens is 3. The van der Waals surface area contributed by atoms with Crippen molar-refractivity contribution in [3.05, 3.63) is 114 Å². The van der Waals surface area contributed by atoms with Gasteiger partial charge >= 0.3 is 6.18 Å². The van der Waals surface area contributed by atoms with E-state index >= 15 is 0 Å². The predicted molar refractivity (Wildman–Crippen MR) is 126 cm³/mol. The van der Waals surface area contributed by atoms with Gasteiger partial charge in [-0.25, -0.2) is 0 Å². The second kappa shape index (κ2) is 9.18. The van der Waals surface area contributed by atoms with Gasteiger partial charge in [0.05, 0.1) is 5.92 Å². The first kappa shape index (κ1) is 22.0. The maximum atomic E-state index is 14.4. The third-order valence-electron chi connectivity index (χ3n) is 7.30. The second-order valence-corrected chi connectivity index (χ2v) is 9.19. The first-order chi connectivity index (χ1) is 16.0. The average Bonchev–Trinajstić information content (AvgIpc) is 2.84. The van der Waals surface area contributed by atoms with E-state index in [-0.39, 0.29) is 18.4 Å². The molecule has 1 saturated heterocycles. The average molecular weight is 448 g/mol. The summed E-state index contributed by atoms with van der Waals surface area (Å²) in [4.78, 5) is 2.28. The normalized spacial score (nSPS) is 25.8. The van der Waals surface area contributed by atoms with E-state index in [1.807, 2.05) is 84.9 Å². The van der Waals surface area contributed by atoms with Crippen LogP contribution in [0.15, 0.2) is 97.1 Å². The lowest BCUT2D eigenvalue weighted by Crippen LogP contribution is -2.50. The third kappa shape index (κ3) is 4.49. The Balaban J connectivity index is 1.60. The zero-order valence-corrected chi connectivity index (χ0v) is 18.5. The summed E-state index contributed by atoms with van der Waals surface area (Å²) in [5.41, 5.74) is 4.25. The number of benzene rings is 3. The van der Waals surface area contributed by atoms with Crippen LogP contribution in [0.4, 0.5) is 13.2 Å². The van der Waals surface area contributed by atoms with Gasteiger partial charge in [-0.05, 0) is 53.5 Å². The molecule has 0 radical (unpaired) electrons. The van der Waals surface area contributed by atoms with E-state index in [0.29, 0.717) is 6.54 Å². The lowest BCUT2D eigenvalue weighted by molar-refractivity contribution is -0.205. The molecule has 170 valence electrons. The number of rotatable bonds is 4. The minimum absolute atomic E-state index is 0.0391. The Labute approximate surface area is 193 Å². The highest BCUT2D eigenvalue weighted by molar-refractivity contribution is 5.69. The van der Waals surface area contributed by atoms with Crippen LogP contribution < -0.4 is 0 Å². The van der Waals surface area contributed by atoms with Gasteiger partial charge in [0.1, 0.15) is 0 Å². The fraction of sp³-hybridized carbons (Fsp3) is 0.310. The molecule has 1 nitrogen and oxygen atoms in total. The maximum absolute atomic E-state index is 14.4. The molecule has 1 fully saturated rings. The molecular formula is C29H28F3N. The number of piperidine rings is 1. The van der Waals surface area contributed by atoms with Crippen LogP contribution >= 0.6 is 0 Å². The first-order valence-corrected chi connectivity index (χ1v) is 11.7. The molecule has 4 heteroatoms. The number of likely N-dealkylation sites (tertiary alicyclic amines) is 1. The smallest absolute Gasteiger partial charge is 0.292 e. The molecule has 0 N–H and O–H groups in total. The molecule has 3 aromatic rings. The molecule has 0 saturated carbocycles. The molecule has 0 bridgehead atoms. The lowest BCUT2D eigenvalue weighted by atomic mass is 9.62. The van der Waals surface area contributed by atoms with E-state index in [4.69, 9.17) is 0 Å². The molecular weight excluding hydrogens is 419 g/mol. The number of allylic oxidation sites excluding steroid dienone is 2. The largest absolute Gasteiger partial charge is 0.392 e. The summed E-state index contributed by atoms with van der Waals surface area (Å²) >= 11 is 0. The summed E-state index contributed by atoms with van der Waals surface area (Å²) in [5.74, 6) is -1.99. The summed E-state index contributed by atoms with van der Waals surface area (Å²) in [7, 11) is 0. The van der Waals surface area contributed by atoms with Crippen LogP contribution in [0.5, 0.6) is 0 Å². The number of alkyl halides is 3. The minimum Gasteiger partial charge on any atom is -0.292 e. The molecule has 1 heterocycles. The van der Waals surface area contributed by atoms with Gasteiger partial charge in [0.2, 0.25) is 0 Å². The van der Waals surface area contributed by atoms with Crippen molar-refractivity contribution >= 4 is 5.57 Å². The minimum atomic E-state index is -4.23. The maximum Gasteiger partial charge on any atom is 0.392 e. The number of fused-ring (bicyclic) bond motifs is 1. The number of nitrogens with zero attached hydrogens (tertiary/aromatic N) is 1. The van der Waals surface area contributed by atoms with Gasteiger partial charge in [0, 0.05) is 12.6 Å². The van der Waals surface area contributed by atoms with Crippen LogP contribution in [-0.4, -0.2) is 17.6 Å². The van der Waals surface area contributed by atoms with E-state index in [1.54, 1.807) is 0 Å². The van der Waals surface area contributed by atoms with Crippen molar-refractivity contribution in [2.75, 3.05) is 6.54 Å². The third-order valence-corrected chi connectivity index (χ3v) is 7.30. The quantitative estimate of drug-likeness (QED) is 0.399. The summed E-state index contributed by atoms with van der Waals surface area (Å²) < 4.78 is 43.3. The van der Waals surface area contributed by atoms with Crippen molar-refractivity contribution in [3.63, 3.8) is 0 Å². The van der Waals surface area contributed by atoms with Gasteiger partial charge in [-0.15, -0.1) is 0 Å².